The third kappa shape index (κ3) is 2.49. The highest BCUT2D eigenvalue weighted by Crippen LogP contribution is 2.36. The summed E-state index contributed by atoms with van der Waals surface area (Å²) in [6, 6.07) is 12.0. The van der Waals surface area contributed by atoms with Crippen molar-refractivity contribution in [2.45, 2.75) is 6.92 Å². The predicted octanol–water partition coefficient (Wildman–Crippen LogP) is 5.15. The largest absolute Gasteiger partial charge is 0.437 e. The fourth-order valence-corrected chi connectivity index (χ4v) is 2.61. The van der Waals surface area contributed by atoms with Crippen LogP contribution in [0.4, 0.5) is 0 Å². The van der Waals surface area contributed by atoms with E-state index in [1.54, 1.807) is 6.20 Å². The molecule has 0 aliphatic heterocycles. The molecule has 0 radical (unpaired) electrons. The maximum Gasteiger partial charge on any atom is 0.226 e. The molecule has 0 aliphatic rings. The second-order valence-electron chi connectivity index (χ2n) is 4.33. The van der Waals surface area contributed by atoms with E-state index in [0.717, 1.165) is 20.8 Å². The molecule has 0 unspecified atom stereocenters. The minimum absolute atomic E-state index is 0.169. The first-order chi connectivity index (χ1) is 9.65. The molecular weight excluding hydrogens is 340 g/mol. The minimum Gasteiger partial charge on any atom is -0.437 e. The summed E-state index contributed by atoms with van der Waals surface area (Å²) in [6.07, 6.45) is 1.64. The van der Waals surface area contributed by atoms with E-state index in [1.165, 1.54) is 0 Å². The SMILES string of the molecule is Cc1cnc(Cl)nc1Oc1ccc2ccccc2c1Br. The Morgan fingerprint density at radius 1 is 1.15 bits per heavy atom. The van der Waals surface area contributed by atoms with E-state index in [-0.39, 0.29) is 5.28 Å². The molecule has 3 aromatic rings. The maximum absolute atomic E-state index is 5.85. The number of nitrogens with zero attached hydrogens (tertiary/aromatic N) is 2. The minimum atomic E-state index is 0.169. The second kappa shape index (κ2) is 5.38. The summed E-state index contributed by atoms with van der Waals surface area (Å²) < 4.78 is 6.74. The van der Waals surface area contributed by atoms with Gasteiger partial charge in [-0.25, -0.2) is 4.98 Å². The van der Waals surface area contributed by atoms with E-state index in [2.05, 4.69) is 32.0 Å². The summed E-state index contributed by atoms with van der Waals surface area (Å²) in [7, 11) is 0. The molecule has 0 aliphatic carbocycles. The summed E-state index contributed by atoms with van der Waals surface area (Å²) >= 11 is 9.38. The Balaban J connectivity index is 2.07. The van der Waals surface area contributed by atoms with Crippen molar-refractivity contribution in [3.63, 3.8) is 0 Å². The fourth-order valence-electron chi connectivity index (χ4n) is 1.91. The standard InChI is InChI=1S/C15H10BrClN2O/c1-9-8-18-15(17)19-14(9)20-12-7-6-10-4-2-3-5-11(10)13(12)16/h2-8H,1H3. The monoisotopic (exact) mass is 348 g/mol. The van der Waals surface area contributed by atoms with Gasteiger partial charge in [-0.2, -0.15) is 4.98 Å². The lowest BCUT2D eigenvalue weighted by molar-refractivity contribution is 0.455. The average Bonchev–Trinajstić information content (AvgIpc) is 2.46. The van der Waals surface area contributed by atoms with E-state index in [9.17, 15) is 0 Å². The van der Waals surface area contributed by atoms with Crippen LogP contribution in [-0.2, 0) is 0 Å². The number of fused-ring (bicyclic) bond motifs is 1. The quantitative estimate of drug-likeness (QED) is 0.600. The highest BCUT2D eigenvalue weighted by Gasteiger charge is 2.10. The molecule has 3 nitrogen and oxygen atoms in total. The van der Waals surface area contributed by atoms with Crippen molar-refractivity contribution in [2.24, 2.45) is 0 Å². The number of benzene rings is 2. The van der Waals surface area contributed by atoms with Crippen LogP contribution >= 0.6 is 27.5 Å². The van der Waals surface area contributed by atoms with Gasteiger partial charge in [-0.3, -0.25) is 0 Å². The number of halogens is 2. The smallest absolute Gasteiger partial charge is 0.226 e. The number of hydrogen-bond donors (Lipinski definition) is 0. The van der Waals surface area contributed by atoms with Gasteiger partial charge in [0.25, 0.3) is 0 Å². The molecule has 0 bridgehead atoms. The molecule has 1 heterocycles. The van der Waals surface area contributed by atoms with Gasteiger partial charge in [0.15, 0.2) is 0 Å². The van der Waals surface area contributed by atoms with Gasteiger partial charge in [-0.15, -0.1) is 0 Å². The van der Waals surface area contributed by atoms with Crippen molar-refractivity contribution in [1.82, 2.24) is 9.97 Å². The first kappa shape index (κ1) is 13.3. The Labute approximate surface area is 129 Å². The zero-order valence-corrected chi connectivity index (χ0v) is 12.9. The molecular formula is C15H10BrClN2O. The van der Waals surface area contributed by atoms with Crippen LogP contribution < -0.4 is 4.74 Å². The van der Waals surface area contributed by atoms with Crippen molar-refractivity contribution in [2.75, 3.05) is 0 Å². The van der Waals surface area contributed by atoms with Gasteiger partial charge in [0.1, 0.15) is 5.75 Å². The van der Waals surface area contributed by atoms with Crippen LogP contribution in [0.5, 0.6) is 11.6 Å². The molecule has 0 N–H and O–H groups in total. The Kier molecular flexibility index (Phi) is 3.59. The van der Waals surface area contributed by atoms with Gasteiger partial charge in [0, 0.05) is 11.8 Å². The molecule has 5 heteroatoms. The van der Waals surface area contributed by atoms with Gasteiger partial charge in [-0.1, -0.05) is 30.3 Å². The summed E-state index contributed by atoms with van der Waals surface area (Å²) in [6.45, 7) is 1.88. The Bertz CT molecular complexity index is 792. The molecule has 1 aromatic heterocycles. The summed E-state index contributed by atoms with van der Waals surface area (Å²) in [5.74, 6) is 1.16. The molecule has 20 heavy (non-hydrogen) atoms. The van der Waals surface area contributed by atoms with Crippen molar-refractivity contribution in [3.8, 4) is 11.6 Å². The summed E-state index contributed by atoms with van der Waals surface area (Å²) in [4.78, 5) is 8.02. The van der Waals surface area contributed by atoms with Gasteiger partial charge in [0.05, 0.1) is 4.47 Å². The highest BCUT2D eigenvalue weighted by atomic mass is 79.9. The van der Waals surface area contributed by atoms with Crippen LogP contribution in [0.25, 0.3) is 10.8 Å². The molecule has 2 aromatic carbocycles. The number of ether oxygens (including phenoxy) is 1. The summed E-state index contributed by atoms with van der Waals surface area (Å²) in [5, 5.41) is 2.40. The predicted molar refractivity (Wildman–Crippen MR) is 83.5 cm³/mol. The molecule has 0 spiro atoms. The van der Waals surface area contributed by atoms with Crippen molar-refractivity contribution < 1.29 is 4.74 Å². The zero-order chi connectivity index (χ0) is 14.1. The van der Waals surface area contributed by atoms with E-state index in [4.69, 9.17) is 16.3 Å². The normalized spacial score (nSPS) is 10.8. The van der Waals surface area contributed by atoms with Crippen LogP contribution in [-0.4, -0.2) is 9.97 Å². The topological polar surface area (TPSA) is 35.0 Å². The lowest BCUT2D eigenvalue weighted by Crippen LogP contribution is -1.94. The number of aromatic nitrogens is 2. The lowest BCUT2D eigenvalue weighted by Gasteiger charge is -2.10. The molecule has 100 valence electrons. The molecule has 0 fully saturated rings. The molecule has 0 saturated heterocycles. The Morgan fingerprint density at radius 2 is 1.95 bits per heavy atom. The maximum atomic E-state index is 5.85. The van der Waals surface area contributed by atoms with E-state index in [0.29, 0.717) is 11.6 Å². The lowest BCUT2D eigenvalue weighted by atomic mass is 10.1. The third-order valence-corrected chi connectivity index (χ3v) is 3.93. The number of rotatable bonds is 2. The van der Waals surface area contributed by atoms with Crippen LogP contribution in [0.2, 0.25) is 5.28 Å². The van der Waals surface area contributed by atoms with Crippen LogP contribution in [0.15, 0.2) is 47.1 Å². The van der Waals surface area contributed by atoms with Gasteiger partial charge in [0.2, 0.25) is 11.2 Å². The van der Waals surface area contributed by atoms with Crippen LogP contribution in [0.1, 0.15) is 5.56 Å². The molecule has 0 saturated carbocycles. The molecule has 0 atom stereocenters. The van der Waals surface area contributed by atoms with Gasteiger partial charge < -0.3 is 4.74 Å². The zero-order valence-electron chi connectivity index (χ0n) is 10.6. The highest BCUT2D eigenvalue weighted by molar-refractivity contribution is 9.10. The van der Waals surface area contributed by atoms with Crippen LogP contribution in [0, 0.1) is 6.92 Å². The number of hydrogen-bond acceptors (Lipinski definition) is 3. The van der Waals surface area contributed by atoms with Gasteiger partial charge in [-0.05, 0) is 51.3 Å². The number of aryl methyl sites for hydroxylation is 1. The fraction of sp³-hybridized carbons (Fsp3) is 0.0667. The second-order valence-corrected chi connectivity index (χ2v) is 5.46. The first-order valence-corrected chi connectivity index (χ1v) is 7.16. The Hall–Kier alpha value is -1.65. The van der Waals surface area contributed by atoms with Crippen molar-refractivity contribution in [1.29, 1.82) is 0 Å². The van der Waals surface area contributed by atoms with Crippen molar-refractivity contribution >= 4 is 38.3 Å². The Morgan fingerprint density at radius 3 is 2.80 bits per heavy atom. The van der Waals surface area contributed by atoms with E-state index >= 15 is 0 Å². The molecule has 3 rings (SSSR count). The van der Waals surface area contributed by atoms with Crippen LogP contribution in [0.3, 0.4) is 0 Å². The first-order valence-electron chi connectivity index (χ1n) is 5.99. The van der Waals surface area contributed by atoms with E-state index in [1.807, 2.05) is 37.3 Å². The van der Waals surface area contributed by atoms with Gasteiger partial charge >= 0.3 is 0 Å². The average molecular weight is 350 g/mol. The van der Waals surface area contributed by atoms with Crippen molar-refractivity contribution in [3.05, 3.63) is 57.9 Å². The van der Waals surface area contributed by atoms with E-state index < -0.39 is 0 Å². The summed E-state index contributed by atoms with van der Waals surface area (Å²) in [5.41, 5.74) is 0.828. The molecule has 0 amide bonds. The third-order valence-electron chi connectivity index (χ3n) is 2.93.